The van der Waals surface area contributed by atoms with Gasteiger partial charge in [-0.2, -0.15) is 0 Å². The second-order valence-electron chi connectivity index (χ2n) is 3.80. The molecule has 0 atom stereocenters. The lowest BCUT2D eigenvalue weighted by atomic mass is 9.92. The fourth-order valence-electron chi connectivity index (χ4n) is 1.65. The standard InChI is InChI=1S/C11H25NO/c1-5-10(6-2)12-11(7-3,8-4)9-13/h10,12-13H,5-9H2,1-4H3. The zero-order chi connectivity index (χ0) is 10.3. The van der Waals surface area contributed by atoms with E-state index in [1.165, 1.54) is 0 Å². The van der Waals surface area contributed by atoms with Crippen LogP contribution >= 0.6 is 0 Å². The summed E-state index contributed by atoms with van der Waals surface area (Å²) >= 11 is 0. The molecule has 0 unspecified atom stereocenters. The third-order valence-electron chi connectivity index (χ3n) is 3.15. The Labute approximate surface area is 82.7 Å². The van der Waals surface area contributed by atoms with E-state index in [0.29, 0.717) is 6.04 Å². The normalized spacial score (nSPS) is 12.5. The highest BCUT2D eigenvalue weighted by atomic mass is 16.3. The maximum absolute atomic E-state index is 9.35. The van der Waals surface area contributed by atoms with Gasteiger partial charge in [-0.05, 0) is 25.7 Å². The number of nitrogens with one attached hydrogen (secondary N) is 1. The van der Waals surface area contributed by atoms with E-state index >= 15 is 0 Å². The predicted molar refractivity (Wildman–Crippen MR) is 57.9 cm³/mol. The molecule has 0 bridgehead atoms. The van der Waals surface area contributed by atoms with Crippen molar-refractivity contribution in [3.63, 3.8) is 0 Å². The van der Waals surface area contributed by atoms with Gasteiger partial charge in [0.25, 0.3) is 0 Å². The van der Waals surface area contributed by atoms with E-state index < -0.39 is 0 Å². The van der Waals surface area contributed by atoms with Crippen molar-refractivity contribution in [3.8, 4) is 0 Å². The predicted octanol–water partition coefficient (Wildman–Crippen LogP) is 2.32. The average Bonchev–Trinajstić information content (AvgIpc) is 2.21. The van der Waals surface area contributed by atoms with E-state index in [1.54, 1.807) is 0 Å². The first-order valence-corrected chi connectivity index (χ1v) is 5.56. The molecular formula is C11H25NO. The van der Waals surface area contributed by atoms with Gasteiger partial charge in [-0.3, -0.25) is 0 Å². The van der Waals surface area contributed by atoms with Crippen molar-refractivity contribution < 1.29 is 5.11 Å². The summed E-state index contributed by atoms with van der Waals surface area (Å²) in [5, 5.41) is 12.9. The maximum Gasteiger partial charge on any atom is 0.0613 e. The second kappa shape index (κ2) is 6.39. The van der Waals surface area contributed by atoms with Gasteiger partial charge in [-0.15, -0.1) is 0 Å². The Morgan fingerprint density at radius 3 is 1.77 bits per heavy atom. The van der Waals surface area contributed by atoms with Crippen LogP contribution in [0.25, 0.3) is 0 Å². The summed E-state index contributed by atoms with van der Waals surface area (Å²) in [6, 6.07) is 0.548. The molecule has 0 radical (unpaired) electrons. The Morgan fingerprint density at radius 2 is 1.54 bits per heavy atom. The van der Waals surface area contributed by atoms with Crippen molar-refractivity contribution in [1.29, 1.82) is 0 Å². The summed E-state index contributed by atoms with van der Waals surface area (Å²) in [5.74, 6) is 0. The molecule has 2 heteroatoms. The third-order valence-corrected chi connectivity index (χ3v) is 3.15. The Balaban J connectivity index is 4.21. The van der Waals surface area contributed by atoms with Crippen LogP contribution in [0.4, 0.5) is 0 Å². The van der Waals surface area contributed by atoms with Crippen LogP contribution < -0.4 is 5.32 Å². The first-order chi connectivity index (χ1) is 6.17. The minimum Gasteiger partial charge on any atom is -0.394 e. The number of aliphatic hydroxyl groups excluding tert-OH is 1. The molecule has 0 fully saturated rings. The van der Waals surface area contributed by atoms with Crippen molar-refractivity contribution in [1.82, 2.24) is 5.32 Å². The van der Waals surface area contributed by atoms with Crippen LogP contribution in [0.5, 0.6) is 0 Å². The SMILES string of the molecule is CCC(CC)NC(CC)(CC)CO. The van der Waals surface area contributed by atoms with Crippen molar-refractivity contribution >= 4 is 0 Å². The van der Waals surface area contributed by atoms with E-state index in [2.05, 4.69) is 33.0 Å². The first-order valence-electron chi connectivity index (χ1n) is 5.56. The third kappa shape index (κ3) is 3.65. The Kier molecular flexibility index (Phi) is 6.35. The van der Waals surface area contributed by atoms with E-state index in [4.69, 9.17) is 0 Å². The molecule has 2 N–H and O–H groups in total. The van der Waals surface area contributed by atoms with Gasteiger partial charge in [0.2, 0.25) is 0 Å². The Bertz CT molecular complexity index is 109. The Hall–Kier alpha value is -0.0800. The summed E-state index contributed by atoms with van der Waals surface area (Å²) in [7, 11) is 0. The van der Waals surface area contributed by atoms with Crippen LogP contribution in [0.3, 0.4) is 0 Å². The second-order valence-corrected chi connectivity index (χ2v) is 3.80. The largest absolute Gasteiger partial charge is 0.394 e. The van der Waals surface area contributed by atoms with Crippen LogP contribution in [0, 0.1) is 0 Å². The molecular weight excluding hydrogens is 162 g/mol. The highest BCUT2D eigenvalue weighted by molar-refractivity contribution is 4.87. The maximum atomic E-state index is 9.35. The molecule has 0 aliphatic carbocycles. The molecule has 0 rings (SSSR count). The van der Waals surface area contributed by atoms with E-state index in [1.807, 2.05) is 0 Å². The Morgan fingerprint density at radius 1 is 1.08 bits per heavy atom. The molecule has 0 aromatic heterocycles. The van der Waals surface area contributed by atoms with Gasteiger partial charge >= 0.3 is 0 Å². The zero-order valence-corrected chi connectivity index (χ0v) is 9.56. The van der Waals surface area contributed by atoms with Crippen LogP contribution in [-0.4, -0.2) is 23.3 Å². The molecule has 0 spiro atoms. The monoisotopic (exact) mass is 187 g/mol. The topological polar surface area (TPSA) is 32.3 Å². The average molecular weight is 187 g/mol. The van der Waals surface area contributed by atoms with Crippen molar-refractivity contribution in [3.05, 3.63) is 0 Å². The lowest BCUT2D eigenvalue weighted by Crippen LogP contribution is -2.52. The van der Waals surface area contributed by atoms with Crippen molar-refractivity contribution in [2.45, 2.75) is 65.0 Å². The summed E-state index contributed by atoms with van der Waals surface area (Å²) in [5.41, 5.74) is -0.0450. The molecule has 0 aromatic carbocycles. The smallest absolute Gasteiger partial charge is 0.0613 e. The lowest BCUT2D eigenvalue weighted by molar-refractivity contribution is 0.135. The van der Waals surface area contributed by atoms with Crippen LogP contribution in [0.2, 0.25) is 0 Å². The number of hydrogen-bond acceptors (Lipinski definition) is 2. The van der Waals surface area contributed by atoms with Gasteiger partial charge in [0.05, 0.1) is 6.61 Å². The molecule has 0 aromatic rings. The van der Waals surface area contributed by atoms with Gasteiger partial charge < -0.3 is 10.4 Å². The lowest BCUT2D eigenvalue weighted by Gasteiger charge is -2.35. The highest BCUT2D eigenvalue weighted by Gasteiger charge is 2.26. The van der Waals surface area contributed by atoms with Crippen molar-refractivity contribution in [2.75, 3.05) is 6.61 Å². The molecule has 0 aliphatic rings. The summed E-state index contributed by atoms with van der Waals surface area (Å²) in [4.78, 5) is 0. The van der Waals surface area contributed by atoms with E-state index in [-0.39, 0.29) is 12.1 Å². The van der Waals surface area contributed by atoms with E-state index in [9.17, 15) is 5.11 Å². The number of rotatable bonds is 7. The molecule has 0 saturated heterocycles. The molecule has 0 amide bonds. The summed E-state index contributed by atoms with van der Waals surface area (Å²) < 4.78 is 0. The molecule has 80 valence electrons. The van der Waals surface area contributed by atoms with Crippen molar-refractivity contribution in [2.24, 2.45) is 0 Å². The minimum absolute atomic E-state index is 0.0450. The summed E-state index contributed by atoms with van der Waals surface area (Å²) in [6.45, 7) is 8.89. The molecule has 0 saturated carbocycles. The fraction of sp³-hybridized carbons (Fsp3) is 1.00. The highest BCUT2D eigenvalue weighted by Crippen LogP contribution is 2.16. The quantitative estimate of drug-likeness (QED) is 0.641. The molecule has 0 heterocycles. The summed E-state index contributed by atoms with van der Waals surface area (Å²) in [6.07, 6.45) is 4.27. The number of hydrogen-bond donors (Lipinski definition) is 2. The van der Waals surface area contributed by atoms with Crippen LogP contribution in [-0.2, 0) is 0 Å². The van der Waals surface area contributed by atoms with Gasteiger partial charge in [0.15, 0.2) is 0 Å². The van der Waals surface area contributed by atoms with Gasteiger partial charge in [-0.1, -0.05) is 27.7 Å². The van der Waals surface area contributed by atoms with Crippen LogP contribution in [0.15, 0.2) is 0 Å². The van der Waals surface area contributed by atoms with Crippen LogP contribution in [0.1, 0.15) is 53.4 Å². The van der Waals surface area contributed by atoms with Gasteiger partial charge in [0, 0.05) is 11.6 Å². The molecule has 0 aliphatic heterocycles. The molecule has 13 heavy (non-hydrogen) atoms. The van der Waals surface area contributed by atoms with E-state index in [0.717, 1.165) is 25.7 Å². The van der Waals surface area contributed by atoms with Gasteiger partial charge in [0.1, 0.15) is 0 Å². The fourth-order valence-corrected chi connectivity index (χ4v) is 1.65. The van der Waals surface area contributed by atoms with Gasteiger partial charge in [-0.25, -0.2) is 0 Å². The zero-order valence-electron chi connectivity index (χ0n) is 9.56. The number of aliphatic hydroxyl groups is 1. The minimum atomic E-state index is -0.0450. The first kappa shape index (κ1) is 12.9. The molecule has 2 nitrogen and oxygen atoms in total.